The molecule has 1 N–H and O–H groups in total. The van der Waals surface area contributed by atoms with Gasteiger partial charge < -0.3 is 10.1 Å². The maximum atomic E-state index is 11.7. The maximum absolute atomic E-state index is 11.7. The van der Waals surface area contributed by atoms with E-state index in [0.29, 0.717) is 19.1 Å². The van der Waals surface area contributed by atoms with Gasteiger partial charge >= 0.3 is 5.97 Å². The van der Waals surface area contributed by atoms with Crippen LogP contribution in [0.15, 0.2) is 24.3 Å². The summed E-state index contributed by atoms with van der Waals surface area (Å²) in [7, 11) is 0. The molecule has 0 aromatic heterocycles. The Morgan fingerprint density at radius 2 is 1.75 bits per heavy atom. The van der Waals surface area contributed by atoms with Crippen molar-refractivity contribution in [2.24, 2.45) is 0 Å². The van der Waals surface area contributed by atoms with Gasteiger partial charge in [0.25, 0.3) is 0 Å². The Bertz CT molecular complexity index is 398. The molecule has 1 aromatic carbocycles. The molecule has 1 aromatic rings. The lowest BCUT2D eigenvalue weighted by Gasteiger charge is -2.20. The fourth-order valence-corrected chi connectivity index (χ4v) is 2.28. The topological polar surface area (TPSA) is 38.3 Å². The predicted molar refractivity (Wildman–Crippen MR) is 82.8 cm³/mol. The molecule has 0 radical (unpaired) electrons. The van der Waals surface area contributed by atoms with Crippen LogP contribution in [0, 0.1) is 0 Å². The molecule has 0 spiro atoms. The number of nitrogens with one attached hydrogen (secondary N) is 1. The van der Waals surface area contributed by atoms with Crippen LogP contribution >= 0.6 is 0 Å². The van der Waals surface area contributed by atoms with Crippen molar-refractivity contribution in [3.63, 3.8) is 0 Å². The third-order valence-electron chi connectivity index (χ3n) is 3.20. The lowest BCUT2D eigenvalue weighted by Crippen LogP contribution is -2.38. The quantitative estimate of drug-likeness (QED) is 0.742. The standard InChI is InChI=1S/C17H27NO2/c1-5-14-7-9-15(10-8-14)11-16(18-13(3)4)12-17(19)20-6-2/h7-10,13,16,18H,5-6,11-12H2,1-4H3. The molecule has 112 valence electrons. The number of hydrogen-bond acceptors (Lipinski definition) is 3. The monoisotopic (exact) mass is 277 g/mol. The minimum absolute atomic E-state index is 0.126. The SMILES string of the molecule is CCOC(=O)CC(Cc1ccc(CC)cc1)NC(C)C. The van der Waals surface area contributed by atoms with Gasteiger partial charge in [-0.15, -0.1) is 0 Å². The van der Waals surface area contributed by atoms with E-state index in [-0.39, 0.29) is 12.0 Å². The summed E-state index contributed by atoms with van der Waals surface area (Å²) < 4.78 is 5.05. The Balaban J connectivity index is 2.64. The van der Waals surface area contributed by atoms with E-state index >= 15 is 0 Å². The molecule has 0 bridgehead atoms. The highest BCUT2D eigenvalue weighted by molar-refractivity contribution is 5.70. The van der Waals surface area contributed by atoms with Crippen molar-refractivity contribution < 1.29 is 9.53 Å². The van der Waals surface area contributed by atoms with Crippen molar-refractivity contribution >= 4 is 5.97 Å². The molecule has 1 rings (SSSR count). The van der Waals surface area contributed by atoms with Gasteiger partial charge in [-0.05, 0) is 30.9 Å². The summed E-state index contributed by atoms with van der Waals surface area (Å²) in [6.45, 7) is 8.63. The third kappa shape index (κ3) is 6.20. The fraction of sp³-hybridized carbons (Fsp3) is 0.588. The van der Waals surface area contributed by atoms with Gasteiger partial charge in [0.05, 0.1) is 13.0 Å². The molecular formula is C17H27NO2. The van der Waals surface area contributed by atoms with Gasteiger partial charge in [-0.25, -0.2) is 0 Å². The van der Waals surface area contributed by atoms with E-state index < -0.39 is 0 Å². The van der Waals surface area contributed by atoms with Crippen LogP contribution < -0.4 is 5.32 Å². The first-order chi connectivity index (χ1) is 9.55. The van der Waals surface area contributed by atoms with Crippen LogP contribution in [0.3, 0.4) is 0 Å². The largest absolute Gasteiger partial charge is 0.466 e. The molecule has 3 nitrogen and oxygen atoms in total. The molecule has 0 fully saturated rings. The lowest BCUT2D eigenvalue weighted by molar-refractivity contribution is -0.143. The van der Waals surface area contributed by atoms with Crippen molar-refractivity contribution in [2.75, 3.05) is 6.61 Å². The van der Waals surface area contributed by atoms with Crippen LogP contribution in [0.5, 0.6) is 0 Å². The van der Waals surface area contributed by atoms with Crippen molar-refractivity contribution in [3.05, 3.63) is 35.4 Å². The first kappa shape index (κ1) is 16.7. The molecule has 0 saturated heterocycles. The number of rotatable bonds is 8. The molecule has 0 amide bonds. The molecule has 0 aliphatic rings. The van der Waals surface area contributed by atoms with E-state index in [4.69, 9.17) is 4.74 Å². The summed E-state index contributed by atoms with van der Waals surface area (Å²) in [5, 5.41) is 3.45. The zero-order valence-corrected chi connectivity index (χ0v) is 13.1. The van der Waals surface area contributed by atoms with Gasteiger partial charge in [-0.2, -0.15) is 0 Å². The van der Waals surface area contributed by atoms with Crippen LogP contribution in [0.2, 0.25) is 0 Å². The van der Waals surface area contributed by atoms with E-state index in [9.17, 15) is 4.79 Å². The van der Waals surface area contributed by atoms with Crippen LogP contribution in [0.1, 0.15) is 45.2 Å². The van der Waals surface area contributed by atoms with Crippen molar-refractivity contribution in [3.8, 4) is 0 Å². The Hall–Kier alpha value is -1.35. The first-order valence-corrected chi connectivity index (χ1v) is 7.54. The van der Waals surface area contributed by atoms with Gasteiger partial charge in [-0.1, -0.05) is 45.0 Å². The predicted octanol–water partition coefficient (Wildman–Crippen LogP) is 3.11. The zero-order chi connectivity index (χ0) is 15.0. The van der Waals surface area contributed by atoms with Gasteiger partial charge in [0.15, 0.2) is 0 Å². The fourth-order valence-electron chi connectivity index (χ4n) is 2.28. The number of benzene rings is 1. The second-order valence-electron chi connectivity index (χ2n) is 5.40. The number of hydrogen-bond donors (Lipinski definition) is 1. The van der Waals surface area contributed by atoms with Crippen LogP contribution in [-0.4, -0.2) is 24.7 Å². The van der Waals surface area contributed by atoms with Crippen molar-refractivity contribution in [1.29, 1.82) is 0 Å². The van der Waals surface area contributed by atoms with E-state index in [1.165, 1.54) is 11.1 Å². The Labute approximate surface area is 122 Å². The van der Waals surface area contributed by atoms with E-state index in [0.717, 1.165) is 12.8 Å². The molecule has 1 unspecified atom stereocenters. The first-order valence-electron chi connectivity index (χ1n) is 7.54. The Morgan fingerprint density at radius 1 is 1.15 bits per heavy atom. The van der Waals surface area contributed by atoms with E-state index in [2.05, 4.69) is 50.4 Å². The lowest BCUT2D eigenvalue weighted by atomic mass is 10.0. The van der Waals surface area contributed by atoms with Crippen LogP contribution in [0.4, 0.5) is 0 Å². The third-order valence-corrected chi connectivity index (χ3v) is 3.20. The summed E-state index contributed by atoms with van der Waals surface area (Å²) >= 11 is 0. The smallest absolute Gasteiger partial charge is 0.307 e. The molecule has 0 aliphatic heterocycles. The molecule has 1 atom stereocenters. The van der Waals surface area contributed by atoms with E-state index in [1.807, 2.05) is 6.92 Å². The van der Waals surface area contributed by atoms with Gasteiger partial charge in [0.2, 0.25) is 0 Å². The molecule has 20 heavy (non-hydrogen) atoms. The van der Waals surface area contributed by atoms with Gasteiger partial charge in [-0.3, -0.25) is 4.79 Å². The molecule has 0 heterocycles. The van der Waals surface area contributed by atoms with Gasteiger partial charge in [0, 0.05) is 12.1 Å². The minimum Gasteiger partial charge on any atom is -0.466 e. The highest BCUT2D eigenvalue weighted by atomic mass is 16.5. The highest BCUT2D eigenvalue weighted by Gasteiger charge is 2.16. The number of ether oxygens (including phenoxy) is 1. The highest BCUT2D eigenvalue weighted by Crippen LogP contribution is 2.10. The zero-order valence-electron chi connectivity index (χ0n) is 13.1. The van der Waals surface area contributed by atoms with E-state index in [1.54, 1.807) is 0 Å². The van der Waals surface area contributed by atoms with Crippen molar-refractivity contribution in [2.45, 2.75) is 59.0 Å². The number of aryl methyl sites for hydroxylation is 1. The number of carbonyl (C=O) groups is 1. The Kier molecular flexibility index (Phi) is 7.31. The maximum Gasteiger partial charge on any atom is 0.307 e. The average molecular weight is 277 g/mol. The second kappa shape index (κ2) is 8.75. The summed E-state index contributed by atoms with van der Waals surface area (Å²) in [6.07, 6.45) is 2.32. The minimum atomic E-state index is -0.129. The Morgan fingerprint density at radius 3 is 2.25 bits per heavy atom. The molecule has 0 saturated carbocycles. The molecule has 0 aliphatic carbocycles. The molecule has 3 heteroatoms. The normalized spacial score (nSPS) is 12.4. The molecular weight excluding hydrogens is 250 g/mol. The average Bonchev–Trinajstić information content (AvgIpc) is 2.39. The second-order valence-corrected chi connectivity index (χ2v) is 5.40. The number of esters is 1. The summed E-state index contributed by atoms with van der Waals surface area (Å²) in [4.78, 5) is 11.7. The summed E-state index contributed by atoms with van der Waals surface area (Å²) in [5.74, 6) is -0.129. The van der Waals surface area contributed by atoms with Crippen molar-refractivity contribution in [1.82, 2.24) is 5.32 Å². The summed E-state index contributed by atoms with van der Waals surface area (Å²) in [5.41, 5.74) is 2.59. The number of carbonyl (C=O) groups excluding carboxylic acids is 1. The summed E-state index contributed by atoms with van der Waals surface area (Å²) in [6, 6.07) is 9.10. The van der Waals surface area contributed by atoms with Gasteiger partial charge in [0.1, 0.15) is 0 Å². The van der Waals surface area contributed by atoms with Crippen LogP contribution in [-0.2, 0) is 22.4 Å². The van der Waals surface area contributed by atoms with Crippen LogP contribution in [0.25, 0.3) is 0 Å².